The number of hydrogen-bond acceptors (Lipinski definition) is 2. The molecule has 0 aliphatic rings. The van der Waals surface area contributed by atoms with Crippen molar-refractivity contribution >= 4 is 23.4 Å². The molecule has 0 aromatic heterocycles. The largest absolute Gasteiger partial charge is 0.347 e. The Morgan fingerprint density at radius 3 is 2.08 bits per heavy atom. The Kier molecular flexibility index (Phi) is 7.22. The van der Waals surface area contributed by atoms with E-state index in [9.17, 15) is 9.59 Å². The van der Waals surface area contributed by atoms with Crippen LogP contribution in [0.3, 0.4) is 0 Å². The zero-order chi connectivity index (χ0) is 19.1. The fourth-order valence-corrected chi connectivity index (χ4v) is 2.79. The number of nitrogens with one attached hydrogen (secondary N) is 2. The van der Waals surface area contributed by atoms with Gasteiger partial charge in [-0.15, -0.1) is 0 Å². The van der Waals surface area contributed by atoms with Gasteiger partial charge in [0.25, 0.3) is 0 Å². The van der Waals surface area contributed by atoms with Crippen molar-refractivity contribution in [1.29, 1.82) is 0 Å². The van der Waals surface area contributed by atoms with Crippen LogP contribution in [-0.4, -0.2) is 11.8 Å². The number of carbonyl (C=O) groups excluding carboxylic acids is 2. The van der Waals surface area contributed by atoms with Gasteiger partial charge in [0.05, 0.1) is 6.04 Å². The van der Waals surface area contributed by atoms with Crippen LogP contribution in [0.4, 0.5) is 0 Å². The first kappa shape index (κ1) is 20.0. The highest BCUT2D eigenvalue weighted by atomic mass is 35.5. The van der Waals surface area contributed by atoms with Crippen LogP contribution in [0.15, 0.2) is 54.6 Å². The second kappa shape index (κ2) is 9.39. The third-order valence-corrected chi connectivity index (χ3v) is 4.27. The molecular weight excluding hydrogens is 348 g/mol. The molecule has 2 N–H and O–H groups in total. The van der Waals surface area contributed by atoms with E-state index in [2.05, 4.69) is 10.6 Å². The SMILES string of the molecule is CC(C)CC(=O)NC(C(=O)NC(C)c1ccc(Cl)cc1)c1ccccc1. The van der Waals surface area contributed by atoms with E-state index >= 15 is 0 Å². The van der Waals surface area contributed by atoms with Crippen molar-refractivity contribution in [1.82, 2.24) is 10.6 Å². The van der Waals surface area contributed by atoms with Crippen LogP contribution < -0.4 is 10.6 Å². The number of carbonyl (C=O) groups is 2. The first-order chi connectivity index (χ1) is 12.4. The summed E-state index contributed by atoms with van der Waals surface area (Å²) < 4.78 is 0. The third-order valence-electron chi connectivity index (χ3n) is 4.02. The smallest absolute Gasteiger partial charge is 0.247 e. The third kappa shape index (κ3) is 5.88. The predicted molar refractivity (Wildman–Crippen MR) is 105 cm³/mol. The minimum atomic E-state index is -0.725. The monoisotopic (exact) mass is 372 g/mol. The van der Waals surface area contributed by atoms with Crippen LogP contribution in [0.1, 0.15) is 50.4 Å². The van der Waals surface area contributed by atoms with Gasteiger partial charge in [-0.1, -0.05) is 67.9 Å². The molecule has 2 rings (SSSR count). The minimum Gasteiger partial charge on any atom is -0.347 e. The van der Waals surface area contributed by atoms with Gasteiger partial charge in [0.2, 0.25) is 11.8 Å². The first-order valence-corrected chi connectivity index (χ1v) is 9.14. The van der Waals surface area contributed by atoms with E-state index in [1.807, 2.05) is 63.2 Å². The Bertz CT molecular complexity index is 729. The summed E-state index contributed by atoms with van der Waals surface area (Å²) in [6, 6.07) is 15.7. The summed E-state index contributed by atoms with van der Waals surface area (Å²) in [7, 11) is 0. The molecule has 2 atom stereocenters. The van der Waals surface area contributed by atoms with E-state index in [4.69, 9.17) is 11.6 Å². The lowest BCUT2D eigenvalue weighted by Gasteiger charge is -2.22. The predicted octanol–water partition coefficient (Wildman–Crippen LogP) is 4.42. The van der Waals surface area contributed by atoms with Crippen molar-refractivity contribution in [3.63, 3.8) is 0 Å². The van der Waals surface area contributed by atoms with Gasteiger partial charge >= 0.3 is 0 Å². The summed E-state index contributed by atoms with van der Waals surface area (Å²) in [5.41, 5.74) is 1.70. The molecule has 0 aliphatic carbocycles. The van der Waals surface area contributed by atoms with Crippen molar-refractivity contribution in [2.24, 2.45) is 5.92 Å². The minimum absolute atomic E-state index is 0.136. The lowest BCUT2D eigenvalue weighted by Crippen LogP contribution is -2.41. The number of rotatable bonds is 7. The van der Waals surface area contributed by atoms with Gasteiger partial charge in [0.1, 0.15) is 6.04 Å². The van der Waals surface area contributed by atoms with Crippen LogP contribution >= 0.6 is 11.6 Å². The quantitative estimate of drug-likeness (QED) is 0.755. The van der Waals surface area contributed by atoms with Gasteiger partial charge in [0, 0.05) is 11.4 Å². The highest BCUT2D eigenvalue weighted by Gasteiger charge is 2.24. The number of benzene rings is 2. The average Bonchev–Trinajstić information content (AvgIpc) is 2.60. The highest BCUT2D eigenvalue weighted by molar-refractivity contribution is 6.30. The Morgan fingerprint density at radius 2 is 1.50 bits per heavy atom. The summed E-state index contributed by atoms with van der Waals surface area (Å²) in [5.74, 6) is -0.151. The number of amides is 2. The number of hydrogen-bond donors (Lipinski definition) is 2. The van der Waals surface area contributed by atoms with Gasteiger partial charge in [-0.05, 0) is 36.1 Å². The van der Waals surface area contributed by atoms with Crippen molar-refractivity contribution in [2.45, 2.75) is 39.3 Å². The maximum atomic E-state index is 12.9. The molecular formula is C21H25ClN2O2. The maximum Gasteiger partial charge on any atom is 0.247 e. The van der Waals surface area contributed by atoms with Gasteiger partial charge < -0.3 is 10.6 Å². The molecule has 2 aromatic carbocycles. The van der Waals surface area contributed by atoms with Gasteiger partial charge in [-0.2, -0.15) is 0 Å². The van der Waals surface area contributed by atoms with Crippen molar-refractivity contribution in [3.05, 3.63) is 70.7 Å². The standard InChI is InChI=1S/C21H25ClN2O2/c1-14(2)13-19(25)24-20(17-7-5-4-6-8-17)21(26)23-15(3)16-9-11-18(22)12-10-16/h4-12,14-15,20H,13H2,1-3H3,(H,23,26)(H,24,25). The van der Waals surface area contributed by atoms with Gasteiger partial charge in [0.15, 0.2) is 0 Å². The molecule has 138 valence electrons. The molecule has 0 bridgehead atoms. The first-order valence-electron chi connectivity index (χ1n) is 8.77. The maximum absolute atomic E-state index is 12.9. The lowest BCUT2D eigenvalue weighted by molar-refractivity contribution is -0.130. The van der Waals surface area contributed by atoms with E-state index in [1.165, 1.54) is 0 Å². The lowest BCUT2D eigenvalue weighted by atomic mass is 10.0. The van der Waals surface area contributed by atoms with Gasteiger partial charge in [-0.25, -0.2) is 0 Å². The van der Waals surface area contributed by atoms with E-state index in [0.29, 0.717) is 11.4 Å². The zero-order valence-corrected chi connectivity index (χ0v) is 16.1. The second-order valence-corrected chi connectivity index (χ2v) is 7.23. The Hall–Kier alpha value is -2.33. The summed E-state index contributed by atoms with van der Waals surface area (Å²) in [4.78, 5) is 25.1. The molecule has 5 heteroatoms. The Morgan fingerprint density at radius 1 is 0.885 bits per heavy atom. The summed E-state index contributed by atoms with van der Waals surface area (Å²) in [6.07, 6.45) is 0.378. The van der Waals surface area contributed by atoms with Crippen LogP contribution in [0, 0.1) is 5.92 Å². The molecule has 0 radical (unpaired) electrons. The van der Waals surface area contributed by atoms with Crippen LogP contribution in [0.25, 0.3) is 0 Å². The molecule has 2 unspecified atom stereocenters. The molecule has 4 nitrogen and oxygen atoms in total. The molecule has 0 saturated heterocycles. The van der Waals surface area contributed by atoms with Gasteiger partial charge in [-0.3, -0.25) is 9.59 Å². The fraction of sp³-hybridized carbons (Fsp3) is 0.333. The summed E-state index contributed by atoms with van der Waals surface area (Å²) >= 11 is 5.92. The molecule has 2 amide bonds. The molecule has 0 fully saturated rings. The molecule has 0 saturated carbocycles. The van der Waals surface area contributed by atoms with E-state index < -0.39 is 6.04 Å². The van der Waals surface area contributed by atoms with Crippen molar-refractivity contribution in [3.8, 4) is 0 Å². The summed E-state index contributed by atoms with van der Waals surface area (Å²) in [6.45, 7) is 5.85. The number of halogens is 1. The van der Waals surface area contributed by atoms with Crippen molar-refractivity contribution in [2.75, 3.05) is 0 Å². The second-order valence-electron chi connectivity index (χ2n) is 6.79. The van der Waals surface area contributed by atoms with Crippen LogP contribution in [0.2, 0.25) is 5.02 Å². The average molecular weight is 373 g/mol. The zero-order valence-electron chi connectivity index (χ0n) is 15.3. The molecule has 2 aromatic rings. The molecule has 0 aliphatic heterocycles. The topological polar surface area (TPSA) is 58.2 Å². The van der Waals surface area contributed by atoms with Crippen LogP contribution in [-0.2, 0) is 9.59 Å². The Labute approximate surface area is 159 Å². The van der Waals surface area contributed by atoms with E-state index in [0.717, 1.165) is 11.1 Å². The molecule has 0 heterocycles. The normalized spacial score (nSPS) is 13.1. The summed E-state index contributed by atoms with van der Waals surface area (Å²) in [5, 5.41) is 6.48. The molecule has 26 heavy (non-hydrogen) atoms. The van der Waals surface area contributed by atoms with E-state index in [-0.39, 0.29) is 23.8 Å². The van der Waals surface area contributed by atoms with E-state index in [1.54, 1.807) is 12.1 Å². The Balaban J connectivity index is 2.14. The fourth-order valence-electron chi connectivity index (χ4n) is 2.67. The van der Waals surface area contributed by atoms with Crippen LogP contribution in [0.5, 0.6) is 0 Å². The van der Waals surface area contributed by atoms with Crippen molar-refractivity contribution < 1.29 is 9.59 Å². The highest BCUT2D eigenvalue weighted by Crippen LogP contribution is 2.19. The molecule has 0 spiro atoms.